The third kappa shape index (κ3) is 9.53. The fourth-order valence-electron chi connectivity index (χ4n) is 3.48. The van der Waals surface area contributed by atoms with Gasteiger partial charge in [0.15, 0.2) is 6.29 Å². The number of hydrogen-bond acceptors (Lipinski definition) is 10. The molecule has 5 atom stereocenters. The number of aliphatic hydroxyl groups excluding tert-OH is 2. The molecule has 0 unspecified atom stereocenters. The van der Waals surface area contributed by atoms with Crippen LogP contribution in [0.25, 0.3) is 0 Å². The highest BCUT2D eigenvalue weighted by Gasteiger charge is 2.45. The Morgan fingerprint density at radius 3 is 1.85 bits per heavy atom. The molecule has 0 amide bonds. The summed E-state index contributed by atoms with van der Waals surface area (Å²) in [5.41, 5.74) is 1.02. The zero-order valence-corrected chi connectivity index (χ0v) is 18.9. The average Bonchev–Trinajstić information content (AvgIpc) is 2.83. The normalized spacial score (nSPS) is 31.8. The van der Waals surface area contributed by atoms with Crippen molar-refractivity contribution in [1.29, 1.82) is 0 Å². The summed E-state index contributed by atoms with van der Waals surface area (Å²) in [5, 5.41) is 21.2. The van der Waals surface area contributed by atoms with Gasteiger partial charge in [0.25, 0.3) is 0 Å². The van der Waals surface area contributed by atoms with Crippen LogP contribution in [-0.4, -0.2) is 114 Å². The first-order valence-corrected chi connectivity index (χ1v) is 11.4. The van der Waals surface area contributed by atoms with Gasteiger partial charge in [0, 0.05) is 0 Å². The lowest BCUT2D eigenvalue weighted by Crippen LogP contribution is -2.60. The van der Waals surface area contributed by atoms with Crippen LogP contribution in [0.5, 0.6) is 0 Å². The smallest absolute Gasteiger partial charge is 0.186 e. The monoisotopic (exact) mass is 472 g/mol. The molecule has 188 valence electrons. The van der Waals surface area contributed by atoms with E-state index in [0.717, 1.165) is 5.56 Å². The molecule has 2 N–H and O–H groups in total. The maximum Gasteiger partial charge on any atom is 0.186 e. The Kier molecular flexibility index (Phi) is 12.5. The minimum atomic E-state index is -1.27. The number of rotatable bonds is 4. The average molecular weight is 473 g/mol. The van der Waals surface area contributed by atoms with Gasteiger partial charge < -0.3 is 48.1 Å². The van der Waals surface area contributed by atoms with Gasteiger partial charge in [-0.2, -0.15) is 0 Å². The molecule has 0 radical (unpaired) electrons. The Hall–Kier alpha value is -1.18. The number of aliphatic hydroxyl groups is 2. The molecule has 2 bridgehead atoms. The standard InChI is InChI=1S/C23H36O10/c24-20-21(25)23-32-15-13-29-11-9-27-7-6-26-8-10-28-12-14-31-22(20)19(33-23)17-30-16-18-4-2-1-3-5-18/h1-5,19-25H,6-17H2/t19-,20-,21-,22-,23+/m1/s1. The zero-order valence-electron chi connectivity index (χ0n) is 18.9. The van der Waals surface area contributed by atoms with Gasteiger partial charge in [0.2, 0.25) is 0 Å². The third-order valence-electron chi connectivity index (χ3n) is 5.20. The maximum atomic E-state index is 10.7. The molecule has 0 spiro atoms. The van der Waals surface area contributed by atoms with Crippen molar-refractivity contribution in [2.24, 2.45) is 0 Å². The molecule has 4 rings (SSSR count). The minimum absolute atomic E-state index is 0.158. The molecule has 3 fully saturated rings. The van der Waals surface area contributed by atoms with Crippen LogP contribution in [-0.2, 0) is 44.5 Å². The van der Waals surface area contributed by atoms with E-state index in [1.54, 1.807) is 0 Å². The first-order valence-electron chi connectivity index (χ1n) is 11.4. The number of ether oxygens (including phenoxy) is 8. The summed E-state index contributed by atoms with van der Waals surface area (Å²) < 4.78 is 45.0. The molecule has 3 aliphatic heterocycles. The Labute approximate surface area is 194 Å². The third-order valence-corrected chi connectivity index (χ3v) is 5.20. The van der Waals surface area contributed by atoms with Crippen molar-refractivity contribution in [2.75, 3.05) is 72.7 Å². The largest absolute Gasteiger partial charge is 0.387 e. The van der Waals surface area contributed by atoms with Crippen LogP contribution in [0, 0.1) is 0 Å². The predicted octanol–water partition coefficient (Wildman–Crippen LogP) is 0.132. The molecule has 0 aromatic heterocycles. The molecule has 1 aromatic carbocycles. The van der Waals surface area contributed by atoms with Crippen LogP contribution in [0.15, 0.2) is 30.3 Å². The zero-order chi connectivity index (χ0) is 23.1. The van der Waals surface area contributed by atoms with Crippen molar-refractivity contribution in [3.8, 4) is 0 Å². The van der Waals surface area contributed by atoms with Crippen LogP contribution < -0.4 is 0 Å². The van der Waals surface area contributed by atoms with Crippen molar-refractivity contribution >= 4 is 0 Å². The molecule has 10 heteroatoms. The molecule has 0 aliphatic carbocycles. The molecule has 3 aliphatic rings. The lowest BCUT2D eigenvalue weighted by atomic mass is 9.99. The van der Waals surface area contributed by atoms with Gasteiger partial charge in [-0.05, 0) is 5.56 Å². The summed E-state index contributed by atoms with van der Waals surface area (Å²) in [6.45, 7) is 4.25. The summed E-state index contributed by atoms with van der Waals surface area (Å²) >= 11 is 0. The van der Waals surface area contributed by atoms with E-state index in [-0.39, 0.29) is 19.8 Å². The summed E-state index contributed by atoms with van der Waals surface area (Å²) in [6.07, 6.45) is -4.94. The second-order valence-corrected chi connectivity index (χ2v) is 7.68. The van der Waals surface area contributed by atoms with Gasteiger partial charge in [-0.15, -0.1) is 0 Å². The Balaban J connectivity index is 1.55. The van der Waals surface area contributed by atoms with Crippen LogP contribution in [0.4, 0.5) is 0 Å². The van der Waals surface area contributed by atoms with Gasteiger partial charge in [0.05, 0.1) is 79.3 Å². The van der Waals surface area contributed by atoms with E-state index in [9.17, 15) is 10.2 Å². The molecule has 3 saturated heterocycles. The molecule has 10 nitrogen and oxygen atoms in total. The molecule has 0 saturated carbocycles. The van der Waals surface area contributed by atoms with Gasteiger partial charge >= 0.3 is 0 Å². The fraction of sp³-hybridized carbons (Fsp3) is 0.739. The molecule has 3 heterocycles. The van der Waals surface area contributed by atoms with E-state index >= 15 is 0 Å². The van der Waals surface area contributed by atoms with Crippen molar-refractivity contribution in [3.05, 3.63) is 35.9 Å². The highest BCUT2D eigenvalue weighted by atomic mass is 16.7. The highest BCUT2D eigenvalue weighted by Crippen LogP contribution is 2.25. The molecular weight excluding hydrogens is 436 g/mol. The minimum Gasteiger partial charge on any atom is -0.387 e. The Morgan fingerprint density at radius 1 is 0.697 bits per heavy atom. The van der Waals surface area contributed by atoms with E-state index in [1.807, 2.05) is 30.3 Å². The molecule has 1 aromatic rings. The van der Waals surface area contributed by atoms with Gasteiger partial charge in [-0.1, -0.05) is 30.3 Å². The first-order chi connectivity index (χ1) is 16.3. The van der Waals surface area contributed by atoms with Crippen molar-refractivity contribution < 1.29 is 48.1 Å². The van der Waals surface area contributed by atoms with Gasteiger partial charge in [-0.25, -0.2) is 0 Å². The van der Waals surface area contributed by atoms with E-state index < -0.39 is 30.7 Å². The lowest BCUT2D eigenvalue weighted by molar-refractivity contribution is -0.311. The van der Waals surface area contributed by atoms with Gasteiger partial charge in [-0.3, -0.25) is 0 Å². The quantitative estimate of drug-likeness (QED) is 0.586. The van der Waals surface area contributed by atoms with Crippen LogP contribution >= 0.6 is 0 Å². The fourth-order valence-corrected chi connectivity index (χ4v) is 3.48. The van der Waals surface area contributed by atoms with E-state index in [1.165, 1.54) is 0 Å². The maximum absolute atomic E-state index is 10.7. The second-order valence-electron chi connectivity index (χ2n) is 7.68. The van der Waals surface area contributed by atoms with E-state index in [2.05, 4.69) is 0 Å². The SMILES string of the molecule is O[C@@H]1[C@@H](O)[C@H]2OCCOCCOCCOCCOCCO[C@@H]1[C@@H](COCc1ccccc1)O2. The second kappa shape index (κ2) is 15.7. The summed E-state index contributed by atoms with van der Waals surface area (Å²) in [5.74, 6) is 0. The van der Waals surface area contributed by atoms with Crippen LogP contribution in [0.2, 0.25) is 0 Å². The van der Waals surface area contributed by atoms with Crippen molar-refractivity contribution in [2.45, 2.75) is 37.3 Å². The number of fused-ring (bicyclic) bond motifs is 17. The summed E-state index contributed by atoms with van der Waals surface area (Å²) in [7, 11) is 0. The van der Waals surface area contributed by atoms with Crippen LogP contribution in [0.3, 0.4) is 0 Å². The topological polar surface area (TPSA) is 114 Å². The Morgan fingerprint density at radius 2 is 1.24 bits per heavy atom. The van der Waals surface area contributed by atoms with Crippen molar-refractivity contribution in [3.63, 3.8) is 0 Å². The van der Waals surface area contributed by atoms with Gasteiger partial charge in [0.1, 0.15) is 24.4 Å². The summed E-state index contributed by atoms with van der Waals surface area (Å²) in [4.78, 5) is 0. The van der Waals surface area contributed by atoms with Crippen LogP contribution in [0.1, 0.15) is 5.56 Å². The lowest BCUT2D eigenvalue weighted by Gasteiger charge is -2.42. The molecule has 33 heavy (non-hydrogen) atoms. The first kappa shape index (κ1) is 26.4. The summed E-state index contributed by atoms with van der Waals surface area (Å²) in [6, 6.07) is 9.74. The Bertz CT molecular complexity index is 617. The van der Waals surface area contributed by atoms with E-state index in [0.29, 0.717) is 59.5 Å². The number of hydrogen-bond donors (Lipinski definition) is 2. The predicted molar refractivity (Wildman–Crippen MR) is 116 cm³/mol. The number of benzene rings is 1. The van der Waals surface area contributed by atoms with Crippen molar-refractivity contribution in [1.82, 2.24) is 0 Å². The van der Waals surface area contributed by atoms with E-state index in [4.69, 9.17) is 37.9 Å². The molecular formula is C23H36O10. The highest BCUT2D eigenvalue weighted by molar-refractivity contribution is 5.13.